The zero-order chi connectivity index (χ0) is 24.7. The minimum Gasteiger partial charge on any atom is -0.482 e. The van der Waals surface area contributed by atoms with Gasteiger partial charge in [0.2, 0.25) is 0 Å². The second-order valence-corrected chi connectivity index (χ2v) is 10.3. The van der Waals surface area contributed by atoms with E-state index in [-0.39, 0.29) is 36.6 Å². The largest absolute Gasteiger partial charge is 0.482 e. The number of ether oxygens (including phenoxy) is 2. The third-order valence-electron chi connectivity index (χ3n) is 7.95. The molecule has 2 aliphatic carbocycles. The Hall–Kier alpha value is -2.08. The number of carbonyl (C=O) groups is 2. The predicted octanol–water partition coefficient (Wildman–Crippen LogP) is 5.18. The van der Waals surface area contributed by atoms with Crippen molar-refractivity contribution in [2.24, 2.45) is 23.7 Å². The number of fused-ring (bicyclic) bond motifs is 2. The third kappa shape index (κ3) is 6.74. The lowest BCUT2D eigenvalue weighted by Gasteiger charge is -2.33. The number of aliphatic hydroxyl groups is 1. The van der Waals surface area contributed by atoms with E-state index in [4.69, 9.17) is 14.6 Å². The van der Waals surface area contributed by atoms with Crippen LogP contribution < -0.4 is 4.74 Å². The van der Waals surface area contributed by atoms with Crippen molar-refractivity contribution in [3.63, 3.8) is 0 Å². The van der Waals surface area contributed by atoms with Crippen molar-refractivity contribution in [2.75, 3.05) is 6.61 Å². The van der Waals surface area contributed by atoms with Crippen LogP contribution >= 0.6 is 0 Å². The summed E-state index contributed by atoms with van der Waals surface area (Å²) in [6, 6.07) is 5.87. The van der Waals surface area contributed by atoms with Crippen LogP contribution in [-0.2, 0) is 27.2 Å². The molecule has 6 heteroatoms. The maximum absolute atomic E-state index is 12.5. The number of rotatable bonds is 13. The number of hydrogen-bond donors (Lipinski definition) is 2. The van der Waals surface area contributed by atoms with Gasteiger partial charge in [0.25, 0.3) is 0 Å². The molecule has 190 valence electrons. The van der Waals surface area contributed by atoms with E-state index in [1.54, 1.807) is 0 Å². The van der Waals surface area contributed by atoms with Crippen LogP contribution in [0, 0.1) is 23.7 Å². The topological polar surface area (TPSA) is 93.1 Å². The van der Waals surface area contributed by atoms with Crippen molar-refractivity contribution in [2.45, 2.75) is 97.2 Å². The monoisotopic (exact) mass is 474 g/mol. The predicted molar refractivity (Wildman–Crippen MR) is 131 cm³/mol. The van der Waals surface area contributed by atoms with E-state index in [0.29, 0.717) is 17.6 Å². The summed E-state index contributed by atoms with van der Waals surface area (Å²) in [6.45, 7) is 5.76. The molecule has 0 aromatic heterocycles. The van der Waals surface area contributed by atoms with Crippen LogP contribution in [0.5, 0.6) is 5.75 Å². The molecular formula is C28H42O6. The lowest BCUT2D eigenvalue weighted by atomic mass is 9.73. The minimum absolute atomic E-state index is 0.0776. The summed E-state index contributed by atoms with van der Waals surface area (Å²) in [4.78, 5) is 23.4. The molecule has 1 aromatic carbocycles. The number of benzene rings is 1. The van der Waals surface area contributed by atoms with Gasteiger partial charge in [-0.15, -0.1) is 0 Å². The zero-order valence-corrected chi connectivity index (χ0v) is 21.0. The van der Waals surface area contributed by atoms with Crippen LogP contribution in [0.1, 0.15) is 83.3 Å². The first-order valence-corrected chi connectivity index (χ1v) is 13.2. The van der Waals surface area contributed by atoms with Crippen molar-refractivity contribution in [1.29, 1.82) is 0 Å². The second kappa shape index (κ2) is 12.6. The number of carboxylic acid groups (broad SMARTS) is 1. The first kappa shape index (κ1) is 26.5. The molecule has 0 radical (unpaired) electrons. The van der Waals surface area contributed by atoms with E-state index in [2.05, 4.69) is 13.0 Å². The average Bonchev–Trinajstić information content (AvgIpc) is 3.12. The first-order valence-electron chi connectivity index (χ1n) is 13.2. The molecule has 1 aromatic rings. The average molecular weight is 475 g/mol. The van der Waals surface area contributed by atoms with E-state index >= 15 is 0 Å². The van der Waals surface area contributed by atoms with E-state index in [9.17, 15) is 14.7 Å². The number of aliphatic carboxylic acids is 1. The van der Waals surface area contributed by atoms with Crippen molar-refractivity contribution >= 4 is 11.9 Å². The van der Waals surface area contributed by atoms with Crippen LogP contribution in [0.2, 0.25) is 0 Å². The van der Waals surface area contributed by atoms with Crippen molar-refractivity contribution in [1.82, 2.24) is 0 Å². The molecule has 3 rings (SSSR count). The second-order valence-electron chi connectivity index (χ2n) is 10.3. The first-order chi connectivity index (χ1) is 16.3. The van der Waals surface area contributed by atoms with Gasteiger partial charge in [-0.2, -0.15) is 0 Å². The molecule has 2 aliphatic rings. The Morgan fingerprint density at radius 1 is 1.15 bits per heavy atom. The van der Waals surface area contributed by atoms with Crippen molar-refractivity contribution in [3.05, 3.63) is 29.3 Å². The highest BCUT2D eigenvalue weighted by Crippen LogP contribution is 2.48. The summed E-state index contributed by atoms with van der Waals surface area (Å²) in [6.07, 6.45) is 8.67. The fourth-order valence-corrected chi connectivity index (χ4v) is 5.79. The lowest BCUT2D eigenvalue weighted by Crippen LogP contribution is -2.29. The number of hydrogen-bond acceptors (Lipinski definition) is 5. The van der Waals surface area contributed by atoms with E-state index in [1.165, 1.54) is 5.56 Å². The molecule has 0 unspecified atom stereocenters. The van der Waals surface area contributed by atoms with Crippen molar-refractivity contribution in [3.8, 4) is 5.75 Å². The standard InChI is InChI=1S/C28H42O6/c1-4-6-7-10-21(34-28(32)18(3)5-2)12-13-22-23-14-19-9-8-11-26(33-17-27(30)31)24(19)15-20(23)16-25(22)29/h8-9,11,18,20-23,25,29H,4-7,10,12-17H2,1-3H3,(H,30,31)/t18-,20+,21+,22-,23+,25-/m1/s1. The molecule has 1 saturated carbocycles. The molecule has 2 N–H and O–H groups in total. The summed E-state index contributed by atoms with van der Waals surface area (Å²) < 4.78 is 11.5. The highest BCUT2D eigenvalue weighted by Gasteiger charge is 2.45. The van der Waals surface area contributed by atoms with Gasteiger partial charge >= 0.3 is 11.9 Å². The molecule has 6 atom stereocenters. The minimum atomic E-state index is -0.981. The molecule has 0 amide bonds. The van der Waals surface area contributed by atoms with Gasteiger partial charge in [0.05, 0.1) is 12.0 Å². The van der Waals surface area contributed by atoms with Gasteiger partial charge in [0.15, 0.2) is 6.61 Å². The summed E-state index contributed by atoms with van der Waals surface area (Å²) in [5.41, 5.74) is 2.30. The summed E-state index contributed by atoms with van der Waals surface area (Å²) in [7, 11) is 0. The Morgan fingerprint density at radius 3 is 2.65 bits per heavy atom. The van der Waals surface area contributed by atoms with Gasteiger partial charge in [-0.05, 0) is 86.3 Å². The molecule has 0 aliphatic heterocycles. The van der Waals surface area contributed by atoms with Crippen LogP contribution in [0.4, 0.5) is 0 Å². The zero-order valence-electron chi connectivity index (χ0n) is 21.0. The van der Waals surface area contributed by atoms with Crippen LogP contribution in [0.15, 0.2) is 18.2 Å². The van der Waals surface area contributed by atoms with Gasteiger partial charge in [-0.25, -0.2) is 4.79 Å². The molecule has 1 fully saturated rings. The Bertz CT molecular complexity index is 821. The van der Waals surface area contributed by atoms with E-state index in [1.807, 2.05) is 26.0 Å². The number of aliphatic hydroxyl groups excluding tert-OH is 1. The molecule has 0 spiro atoms. The maximum atomic E-state index is 12.5. The SMILES string of the molecule is CCCCC[C@@H](CC[C@@H]1[C@H]2Cc3cccc(OCC(=O)O)c3C[C@H]2C[C@H]1O)OC(=O)[C@H](C)CC. The number of carboxylic acids is 1. The highest BCUT2D eigenvalue weighted by molar-refractivity contribution is 5.72. The summed E-state index contributed by atoms with van der Waals surface area (Å²) in [5, 5.41) is 19.9. The number of carbonyl (C=O) groups excluding carboxylic acids is 1. The van der Waals surface area contributed by atoms with Crippen LogP contribution in [-0.4, -0.2) is 41.0 Å². The highest BCUT2D eigenvalue weighted by atomic mass is 16.5. The molecule has 34 heavy (non-hydrogen) atoms. The van der Waals surface area contributed by atoms with Crippen molar-refractivity contribution < 1.29 is 29.3 Å². The van der Waals surface area contributed by atoms with Gasteiger partial charge in [-0.3, -0.25) is 4.79 Å². The third-order valence-corrected chi connectivity index (χ3v) is 7.95. The van der Waals surface area contributed by atoms with E-state index < -0.39 is 5.97 Å². The van der Waals surface area contributed by atoms with E-state index in [0.717, 1.165) is 69.8 Å². The normalized spacial score (nSPS) is 25.2. The quantitative estimate of drug-likeness (QED) is 0.302. The van der Waals surface area contributed by atoms with Gasteiger partial charge in [0.1, 0.15) is 11.9 Å². The van der Waals surface area contributed by atoms with Gasteiger partial charge in [0, 0.05) is 0 Å². The lowest BCUT2D eigenvalue weighted by molar-refractivity contribution is -0.154. The Balaban J connectivity index is 1.65. The molecule has 0 heterocycles. The molecule has 0 bridgehead atoms. The van der Waals surface area contributed by atoms with Gasteiger partial charge < -0.3 is 19.7 Å². The Morgan fingerprint density at radius 2 is 1.94 bits per heavy atom. The molecule has 6 nitrogen and oxygen atoms in total. The Labute approximate surface area is 204 Å². The smallest absolute Gasteiger partial charge is 0.341 e. The van der Waals surface area contributed by atoms with Crippen LogP contribution in [0.3, 0.4) is 0 Å². The number of esters is 1. The van der Waals surface area contributed by atoms with Gasteiger partial charge in [-0.1, -0.05) is 45.7 Å². The Kier molecular flexibility index (Phi) is 9.81. The molecular weight excluding hydrogens is 432 g/mol. The fraction of sp³-hybridized carbons (Fsp3) is 0.714. The maximum Gasteiger partial charge on any atom is 0.341 e. The summed E-state index contributed by atoms with van der Waals surface area (Å²) >= 11 is 0. The van der Waals surface area contributed by atoms with Crippen LogP contribution in [0.25, 0.3) is 0 Å². The summed E-state index contributed by atoms with van der Waals surface area (Å²) in [5.74, 6) is 0.436. The fourth-order valence-electron chi connectivity index (χ4n) is 5.79. The number of unbranched alkanes of at least 4 members (excludes halogenated alkanes) is 2. The molecule has 0 saturated heterocycles.